The molecule has 0 bridgehead atoms. The van der Waals surface area contributed by atoms with Gasteiger partial charge in [-0.3, -0.25) is 0 Å². The molecule has 0 aromatic carbocycles. The van der Waals surface area contributed by atoms with Gasteiger partial charge in [0.15, 0.2) is 0 Å². The zero-order chi connectivity index (χ0) is 9.97. The maximum atomic E-state index is 3.53. The van der Waals surface area contributed by atoms with Gasteiger partial charge in [-0.1, -0.05) is 0 Å². The van der Waals surface area contributed by atoms with Crippen molar-refractivity contribution in [1.82, 2.24) is 15.2 Å². The lowest BCUT2D eigenvalue weighted by atomic mass is 10.1. The first-order valence-electron chi connectivity index (χ1n) is 5.40. The quantitative estimate of drug-likeness (QED) is 0.741. The van der Waals surface area contributed by atoms with Gasteiger partial charge in [0.25, 0.3) is 0 Å². The summed E-state index contributed by atoms with van der Waals surface area (Å²) < 4.78 is 2.34. The smallest absolute Gasteiger partial charge is 0.0602 e. The lowest BCUT2D eigenvalue weighted by Crippen LogP contribution is -2.43. The molecule has 0 amide bonds. The second-order valence-electron chi connectivity index (χ2n) is 4.14. The molecule has 78 valence electrons. The average Bonchev–Trinajstić information content (AvgIpc) is 2.67. The van der Waals surface area contributed by atoms with Crippen molar-refractivity contribution in [2.75, 3.05) is 19.6 Å². The first-order valence-corrected chi connectivity index (χ1v) is 5.40. The molecule has 0 saturated carbocycles. The van der Waals surface area contributed by atoms with Crippen molar-refractivity contribution in [1.29, 1.82) is 0 Å². The molecule has 0 radical (unpaired) electrons. The molecule has 1 atom stereocenters. The van der Waals surface area contributed by atoms with E-state index in [4.69, 9.17) is 0 Å². The topological polar surface area (TPSA) is 29.0 Å². The van der Waals surface area contributed by atoms with Gasteiger partial charge in [-0.05, 0) is 26.0 Å². The molecule has 1 fully saturated rings. The summed E-state index contributed by atoms with van der Waals surface area (Å²) in [6, 6.07) is 5.36. The van der Waals surface area contributed by atoms with Crippen LogP contribution in [0.5, 0.6) is 0 Å². The van der Waals surface area contributed by atoms with Crippen LogP contribution < -0.4 is 10.6 Å². The Kier molecular flexibility index (Phi) is 2.89. The van der Waals surface area contributed by atoms with E-state index in [1.54, 1.807) is 0 Å². The molecule has 2 rings (SSSR count). The number of hydrogen-bond donors (Lipinski definition) is 2. The summed E-state index contributed by atoms with van der Waals surface area (Å²) >= 11 is 0. The van der Waals surface area contributed by atoms with Crippen LogP contribution in [0.15, 0.2) is 18.3 Å². The van der Waals surface area contributed by atoms with Crippen LogP contribution in [0, 0.1) is 0 Å². The Morgan fingerprint density at radius 1 is 1.43 bits per heavy atom. The molecule has 1 aromatic heterocycles. The Morgan fingerprint density at radius 3 is 2.93 bits per heavy atom. The Hall–Kier alpha value is -0.800. The fourth-order valence-corrected chi connectivity index (χ4v) is 2.04. The van der Waals surface area contributed by atoms with E-state index in [0.29, 0.717) is 12.1 Å². The predicted octanol–water partition coefficient (Wildman–Crippen LogP) is 1.30. The summed E-state index contributed by atoms with van der Waals surface area (Å²) in [5, 5.41) is 6.95. The first-order chi connectivity index (χ1) is 6.79. The van der Waals surface area contributed by atoms with Gasteiger partial charge in [-0.25, -0.2) is 0 Å². The van der Waals surface area contributed by atoms with Gasteiger partial charge in [-0.15, -0.1) is 0 Å². The van der Waals surface area contributed by atoms with Crippen molar-refractivity contribution in [3.05, 3.63) is 24.0 Å². The highest BCUT2D eigenvalue weighted by Crippen LogP contribution is 2.18. The second kappa shape index (κ2) is 4.15. The van der Waals surface area contributed by atoms with Gasteiger partial charge >= 0.3 is 0 Å². The number of nitrogens with zero attached hydrogens (tertiary/aromatic N) is 1. The highest BCUT2D eigenvalue weighted by Gasteiger charge is 2.17. The number of hydrogen-bond acceptors (Lipinski definition) is 2. The summed E-state index contributed by atoms with van der Waals surface area (Å²) in [4.78, 5) is 0. The minimum atomic E-state index is 0.473. The highest BCUT2D eigenvalue weighted by atomic mass is 15.1. The maximum Gasteiger partial charge on any atom is 0.0602 e. The minimum Gasteiger partial charge on any atom is -0.347 e. The lowest BCUT2D eigenvalue weighted by molar-refractivity contribution is 0.402. The lowest BCUT2D eigenvalue weighted by Gasteiger charge is -2.27. The van der Waals surface area contributed by atoms with Crippen LogP contribution >= 0.6 is 0 Å². The van der Waals surface area contributed by atoms with Crippen molar-refractivity contribution in [3.8, 4) is 0 Å². The SMILES string of the molecule is CC(C)n1cccc1[C@H]1CNCCN1. The van der Waals surface area contributed by atoms with Crippen LogP contribution in [-0.2, 0) is 0 Å². The van der Waals surface area contributed by atoms with Crippen LogP contribution in [0.4, 0.5) is 0 Å². The Bertz CT molecular complexity index is 284. The van der Waals surface area contributed by atoms with E-state index in [1.807, 2.05) is 0 Å². The Balaban J connectivity index is 2.17. The number of rotatable bonds is 2. The van der Waals surface area contributed by atoms with Crippen molar-refractivity contribution in [2.24, 2.45) is 0 Å². The number of piperazine rings is 1. The molecular weight excluding hydrogens is 174 g/mol. The standard InChI is InChI=1S/C11H19N3/c1-9(2)14-7-3-4-11(14)10-8-12-5-6-13-10/h3-4,7,9-10,12-13H,5-6,8H2,1-2H3/t10-/m1/s1. The zero-order valence-electron chi connectivity index (χ0n) is 8.96. The fraction of sp³-hybridized carbons (Fsp3) is 0.636. The molecule has 0 unspecified atom stereocenters. The van der Waals surface area contributed by atoms with E-state index in [2.05, 4.69) is 47.4 Å². The van der Waals surface area contributed by atoms with Gasteiger partial charge in [0, 0.05) is 37.6 Å². The summed E-state index contributed by atoms with van der Waals surface area (Å²) in [5.41, 5.74) is 1.40. The largest absolute Gasteiger partial charge is 0.347 e. The van der Waals surface area contributed by atoms with Crippen molar-refractivity contribution < 1.29 is 0 Å². The van der Waals surface area contributed by atoms with Gasteiger partial charge in [-0.2, -0.15) is 0 Å². The van der Waals surface area contributed by atoms with Gasteiger partial charge in [0.1, 0.15) is 0 Å². The van der Waals surface area contributed by atoms with Crippen LogP contribution in [0.1, 0.15) is 31.6 Å². The molecule has 0 aliphatic carbocycles. The number of nitrogens with one attached hydrogen (secondary N) is 2. The summed E-state index contributed by atoms with van der Waals surface area (Å²) in [6.07, 6.45) is 2.16. The van der Waals surface area contributed by atoms with Crippen LogP contribution in [0.2, 0.25) is 0 Å². The van der Waals surface area contributed by atoms with E-state index < -0.39 is 0 Å². The van der Waals surface area contributed by atoms with Gasteiger partial charge in [0.05, 0.1) is 6.04 Å². The molecular formula is C11H19N3. The van der Waals surface area contributed by atoms with E-state index in [0.717, 1.165) is 19.6 Å². The Labute approximate surface area is 85.5 Å². The Morgan fingerprint density at radius 2 is 2.29 bits per heavy atom. The fourth-order valence-electron chi connectivity index (χ4n) is 2.04. The van der Waals surface area contributed by atoms with E-state index in [1.165, 1.54) is 5.69 Å². The van der Waals surface area contributed by atoms with E-state index >= 15 is 0 Å². The molecule has 1 aromatic rings. The predicted molar refractivity (Wildman–Crippen MR) is 58.4 cm³/mol. The van der Waals surface area contributed by atoms with Gasteiger partial charge < -0.3 is 15.2 Å². The third kappa shape index (κ3) is 1.83. The molecule has 2 N–H and O–H groups in total. The molecule has 14 heavy (non-hydrogen) atoms. The highest BCUT2D eigenvalue weighted by molar-refractivity contribution is 5.14. The molecule has 2 heterocycles. The summed E-state index contributed by atoms with van der Waals surface area (Å²) in [6.45, 7) is 7.63. The summed E-state index contributed by atoms with van der Waals surface area (Å²) in [7, 11) is 0. The molecule has 0 spiro atoms. The third-order valence-corrected chi connectivity index (χ3v) is 2.77. The van der Waals surface area contributed by atoms with Crippen LogP contribution in [0.25, 0.3) is 0 Å². The first kappa shape index (κ1) is 9.74. The maximum absolute atomic E-state index is 3.53. The monoisotopic (exact) mass is 193 g/mol. The molecule has 3 heteroatoms. The van der Waals surface area contributed by atoms with Crippen molar-refractivity contribution >= 4 is 0 Å². The van der Waals surface area contributed by atoms with Crippen LogP contribution in [-0.4, -0.2) is 24.2 Å². The normalized spacial score (nSPS) is 22.9. The van der Waals surface area contributed by atoms with Gasteiger partial charge in [0.2, 0.25) is 0 Å². The zero-order valence-corrected chi connectivity index (χ0v) is 8.96. The van der Waals surface area contributed by atoms with Crippen molar-refractivity contribution in [3.63, 3.8) is 0 Å². The molecule has 1 aliphatic rings. The van der Waals surface area contributed by atoms with Crippen molar-refractivity contribution in [2.45, 2.75) is 25.9 Å². The average molecular weight is 193 g/mol. The minimum absolute atomic E-state index is 0.473. The number of aromatic nitrogens is 1. The van der Waals surface area contributed by atoms with E-state index in [9.17, 15) is 0 Å². The second-order valence-corrected chi connectivity index (χ2v) is 4.14. The summed E-state index contributed by atoms with van der Waals surface area (Å²) in [5.74, 6) is 0. The third-order valence-electron chi connectivity index (χ3n) is 2.77. The van der Waals surface area contributed by atoms with Crippen LogP contribution in [0.3, 0.4) is 0 Å². The molecule has 1 aliphatic heterocycles. The van der Waals surface area contributed by atoms with E-state index in [-0.39, 0.29) is 0 Å². The molecule has 3 nitrogen and oxygen atoms in total. The molecule has 1 saturated heterocycles.